The molecule has 0 radical (unpaired) electrons. The van der Waals surface area contributed by atoms with E-state index in [0.29, 0.717) is 25.5 Å². The lowest BCUT2D eigenvalue weighted by molar-refractivity contribution is 0.0117. The van der Waals surface area contributed by atoms with Crippen molar-refractivity contribution in [3.05, 3.63) is 47.1 Å². The first kappa shape index (κ1) is 18.9. The summed E-state index contributed by atoms with van der Waals surface area (Å²) in [4.78, 5) is 19.4. The SMILES string of the molecule is Cc1ccc([C@@H](CNC(=O)c2csc(-c3cnn(C)c3)n2)N2CCOCC2)o1. The van der Waals surface area contributed by atoms with Crippen LogP contribution < -0.4 is 5.32 Å². The van der Waals surface area contributed by atoms with Crippen molar-refractivity contribution in [1.29, 1.82) is 0 Å². The summed E-state index contributed by atoms with van der Waals surface area (Å²) in [5.41, 5.74) is 1.32. The molecule has 9 heteroatoms. The van der Waals surface area contributed by atoms with Crippen molar-refractivity contribution in [3.63, 3.8) is 0 Å². The minimum absolute atomic E-state index is 0.0296. The van der Waals surface area contributed by atoms with E-state index in [1.165, 1.54) is 11.3 Å². The molecule has 3 aromatic heterocycles. The van der Waals surface area contributed by atoms with E-state index in [0.717, 1.165) is 35.2 Å². The third-order valence-corrected chi connectivity index (χ3v) is 5.61. The molecule has 1 aliphatic rings. The van der Waals surface area contributed by atoms with Crippen LogP contribution in [0.4, 0.5) is 0 Å². The first-order valence-corrected chi connectivity index (χ1v) is 10.1. The van der Waals surface area contributed by atoms with Crippen LogP contribution in [0, 0.1) is 6.92 Å². The lowest BCUT2D eigenvalue weighted by atomic mass is 10.1. The molecule has 1 fully saturated rings. The van der Waals surface area contributed by atoms with Gasteiger partial charge in [0, 0.05) is 43.8 Å². The summed E-state index contributed by atoms with van der Waals surface area (Å²) in [7, 11) is 1.85. The molecule has 0 aliphatic carbocycles. The normalized spacial score (nSPS) is 16.2. The number of aryl methyl sites for hydroxylation is 2. The summed E-state index contributed by atoms with van der Waals surface area (Å²) < 4.78 is 13.0. The molecule has 0 bridgehead atoms. The third-order valence-electron chi connectivity index (χ3n) is 4.72. The van der Waals surface area contributed by atoms with Gasteiger partial charge < -0.3 is 14.5 Å². The zero-order valence-electron chi connectivity index (χ0n) is 15.9. The van der Waals surface area contributed by atoms with Gasteiger partial charge in [0.15, 0.2) is 0 Å². The molecule has 4 rings (SSSR count). The highest BCUT2D eigenvalue weighted by Gasteiger charge is 2.26. The van der Waals surface area contributed by atoms with Gasteiger partial charge in [0.05, 0.1) is 25.5 Å². The molecule has 0 spiro atoms. The number of morpholine rings is 1. The second-order valence-corrected chi connectivity index (χ2v) is 7.62. The van der Waals surface area contributed by atoms with Gasteiger partial charge >= 0.3 is 0 Å². The van der Waals surface area contributed by atoms with Crippen LogP contribution >= 0.6 is 11.3 Å². The molecule has 1 aliphatic heterocycles. The molecule has 0 unspecified atom stereocenters. The van der Waals surface area contributed by atoms with Crippen LogP contribution in [0.1, 0.15) is 28.1 Å². The minimum atomic E-state index is -0.187. The van der Waals surface area contributed by atoms with E-state index in [1.54, 1.807) is 16.3 Å². The van der Waals surface area contributed by atoms with Crippen LogP contribution in [0.2, 0.25) is 0 Å². The molecule has 28 heavy (non-hydrogen) atoms. The van der Waals surface area contributed by atoms with Gasteiger partial charge in [-0.25, -0.2) is 4.98 Å². The largest absolute Gasteiger partial charge is 0.465 e. The lowest BCUT2D eigenvalue weighted by Gasteiger charge is -2.33. The van der Waals surface area contributed by atoms with Crippen LogP contribution in [0.5, 0.6) is 0 Å². The first-order valence-electron chi connectivity index (χ1n) is 9.21. The zero-order chi connectivity index (χ0) is 19.5. The second kappa shape index (κ2) is 8.26. The monoisotopic (exact) mass is 401 g/mol. The number of furan rings is 1. The highest BCUT2D eigenvalue weighted by molar-refractivity contribution is 7.13. The summed E-state index contributed by atoms with van der Waals surface area (Å²) in [6.45, 7) is 5.36. The summed E-state index contributed by atoms with van der Waals surface area (Å²) in [5, 5.41) is 9.72. The molecule has 1 atom stereocenters. The highest BCUT2D eigenvalue weighted by Crippen LogP contribution is 2.25. The number of hydrogen-bond acceptors (Lipinski definition) is 7. The minimum Gasteiger partial charge on any atom is -0.465 e. The number of hydrogen-bond donors (Lipinski definition) is 1. The summed E-state index contributed by atoms with van der Waals surface area (Å²) in [5.74, 6) is 1.53. The summed E-state index contributed by atoms with van der Waals surface area (Å²) in [6.07, 6.45) is 3.63. The Hall–Kier alpha value is -2.49. The van der Waals surface area contributed by atoms with Gasteiger partial charge in [0.2, 0.25) is 0 Å². The molecule has 3 aromatic rings. The van der Waals surface area contributed by atoms with Crippen molar-refractivity contribution >= 4 is 17.2 Å². The van der Waals surface area contributed by atoms with Gasteiger partial charge in [-0.05, 0) is 19.1 Å². The number of nitrogens with zero attached hydrogens (tertiary/aromatic N) is 4. The molecular formula is C19H23N5O3S. The number of carbonyl (C=O) groups excluding carboxylic acids is 1. The third kappa shape index (κ3) is 4.16. The van der Waals surface area contributed by atoms with E-state index >= 15 is 0 Å². The Balaban J connectivity index is 1.44. The Morgan fingerprint density at radius 1 is 1.36 bits per heavy atom. The molecule has 1 N–H and O–H groups in total. The molecular weight excluding hydrogens is 378 g/mol. The Labute approximate surface area is 167 Å². The van der Waals surface area contributed by atoms with E-state index in [2.05, 4.69) is 20.3 Å². The van der Waals surface area contributed by atoms with Crippen molar-refractivity contribution in [2.45, 2.75) is 13.0 Å². The van der Waals surface area contributed by atoms with Crippen LogP contribution in [-0.2, 0) is 11.8 Å². The average molecular weight is 401 g/mol. The summed E-state index contributed by atoms with van der Waals surface area (Å²) >= 11 is 1.44. The molecule has 0 aromatic carbocycles. The number of ether oxygens (including phenoxy) is 1. The van der Waals surface area contributed by atoms with Crippen molar-refractivity contribution in [2.75, 3.05) is 32.8 Å². The smallest absolute Gasteiger partial charge is 0.270 e. The average Bonchev–Trinajstić information content (AvgIpc) is 3.44. The quantitative estimate of drug-likeness (QED) is 0.682. The van der Waals surface area contributed by atoms with Crippen molar-refractivity contribution < 1.29 is 13.9 Å². The van der Waals surface area contributed by atoms with E-state index in [1.807, 2.05) is 32.3 Å². The number of amides is 1. The summed E-state index contributed by atoms with van der Waals surface area (Å²) in [6, 6.07) is 3.90. The maximum absolute atomic E-state index is 12.7. The fourth-order valence-electron chi connectivity index (χ4n) is 3.25. The lowest BCUT2D eigenvalue weighted by Crippen LogP contribution is -2.43. The van der Waals surface area contributed by atoms with Crippen LogP contribution in [0.3, 0.4) is 0 Å². The van der Waals surface area contributed by atoms with E-state index in [9.17, 15) is 4.79 Å². The van der Waals surface area contributed by atoms with Gasteiger partial charge in [-0.1, -0.05) is 0 Å². The highest BCUT2D eigenvalue weighted by atomic mass is 32.1. The van der Waals surface area contributed by atoms with Crippen molar-refractivity contribution in [1.82, 2.24) is 25.0 Å². The second-order valence-electron chi connectivity index (χ2n) is 6.76. The van der Waals surface area contributed by atoms with Gasteiger partial charge in [-0.2, -0.15) is 5.10 Å². The standard InChI is InChI=1S/C19H23N5O3S/c1-13-3-4-17(27-13)16(24-5-7-26-8-6-24)10-20-18(25)15-12-28-19(22-15)14-9-21-23(2)11-14/h3-4,9,11-12,16H,5-8,10H2,1-2H3,(H,20,25)/t16-/m1/s1. The maximum Gasteiger partial charge on any atom is 0.270 e. The molecule has 148 valence electrons. The Kier molecular flexibility index (Phi) is 5.56. The van der Waals surface area contributed by atoms with Crippen molar-refractivity contribution in [2.24, 2.45) is 7.05 Å². The number of nitrogens with one attached hydrogen (secondary N) is 1. The molecule has 1 amide bonds. The number of rotatable bonds is 6. The van der Waals surface area contributed by atoms with E-state index < -0.39 is 0 Å². The fraction of sp³-hybridized carbons (Fsp3) is 0.421. The van der Waals surface area contributed by atoms with E-state index in [-0.39, 0.29) is 11.9 Å². The molecule has 4 heterocycles. The topological polar surface area (TPSA) is 85.4 Å². The first-order chi connectivity index (χ1) is 13.6. The predicted molar refractivity (Wildman–Crippen MR) is 105 cm³/mol. The fourth-order valence-corrected chi connectivity index (χ4v) is 4.03. The van der Waals surface area contributed by atoms with E-state index in [4.69, 9.17) is 9.15 Å². The zero-order valence-corrected chi connectivity index (χ0v) is 16.7. The maximum atomic E-state index is 12.7. The van der Waals surface area contributed by atoms with Gasteiger partial charge in [-0.15, -0.1) is 11.3 Å². The molecule has 0 saturated carbocycles. The molecule has 1 saturated heterocycles. The van der Waals surface area contributed by atoms with Crippen molar-refractivity contribution in [3.8, 4) is 10.6 Å². The number of thiazole rings is 1. The van der Waals surface area contributed by atoms with Crippen LogP contribution in [0.25, 0.3) is 10.6 Å². The predicted octanol–water partition coefficient (Wildman–Crippen LogP) is 2.25. The van der Waals surface area contributed by atoms with Gasteiger partial charge in [0.25, 0.3) is 5.91 Å². The van der Waals surface area contributed by atoms with Crippen LogP contribution in [-0.4, -0.2) is 58.4 Å². The number of aromatic nitrogens is 3. The van der Waals surface area contributed by atoms with Gasteiger partial charge in [-0.3, -0.25) is 14.4 Å². The Bertz CT molecular complexity index is 941. The Morgan fingerprint density at radius 2 is 2.18 bits per heavy atom. The Morgan fingerprint density at radius 3 is 2.86 bits per heavy atom. The number of carbonyl (C=O) groups is 1. The molecule has 8 nitrogen and oxygen atoms in total. The van der Waals surface area contributed by atoms with Crippen LogP contribution in [0.15, 0.2) is 34.3 Å². The van der Waals surface area contributed by atoms with Gasteiger partial charge in [0.1, 0.15) is 22.2 Å².